The fourth-order valence-electron chi connectivity index (χ4n) is 4.60. The summed E-state index contributed by atoms with van der Waals surface area (Å²) < 4.78 is 23.4. The first-order valence-electron chi connectivity index (χ1n) is 13.3. The molecule has 2 aliphatic rings. The number of amides is 1. The second-order valence-corrected chi connectivity index (χ2v) is 16.3. The molecule has 2 aromatic rings. The lowest BCUT2D eigenvalue weighted by atomic mass is 9.88. The van der Waals surface area contributed by atoms with Gasteiger partial charge in [0, 0.05) is 6.42 Å². The van der Waals surface area contributed by atoms with Gasteiger partial charge in [0.15, 0.2) is 5.60 Å². The van der Waals surface area contributed by atoms with Crippen LogP contribution in [0.4, 0.5) is 4.79 Å². The quantitative estimate of drug-likeness (QED) is 0.231. The minimum atomic E-state index is -2.25. The second-order valence-electron chi connectivity index (χ2n) is 11.6. The molecule has 1 heterocycles. The predicted molar refractivity (Wildman–Crippen MR) is 153 cm³/mol. The van der Waals surface area contributed by atoms with Gasteiger partial charge in [0.2, 0.25) is 8.32 Å². The summed E-state index contributed by atoms with van der Waals surface area (Å²) in [5, 5.41) is -0.0749. The van der Waals surface area contributed by atoms with Gasteiger partial charge in [-0.1, -0.05) is 69.3 Å². The first-order valence-corrected chi connectivity index (χ1v) is 16.2. The van der Waals surface area contributed by atoms with Gasteiger partial charge in [-0.05, 0) is 54.1 Å². The van der Waals surface area contributed by atoms with E-state index < -0.39 is 44.0 Å². The third kappa shape index (κ3) is 5.99. The van der Waals surface area contributed by atoms with Gasteiger partial charge in [0.1, 0.15) is 24.4 Å². The zero-order valence-corrected chi connectivity index (χ0v) is 24.9. The molecule has 0 N–H and O–H groups in total. The summed E-state index contributed by atoms with van der Waals surface area (Å²) in [5.74, 6) is -0.648. The molecule has 2 aromatic carbocycles. The number of hydrogen-bond acceptors (Lipinski definition) is 7. The Morgan fingerprint density at radius 2 is 1.62 bits per heavy atom. The Morgan fingerprint density at radius 1 is 1.00 bits per heavy atom. The van der Waals surface area contributed by atoms with Crippen LogP contribution in [0.25, 0.3) is 0 Å². The van der Waals surface area contributed by atoms with Crippen molar-refractivity contribution in [3.63, 3.8) is 0 Å². The van der Waals surface area contributed by atoms with Gasteiger partial charge >= 0.3 is 18.0 Å². The number of nitrogens with zero attached hydrogens (tertiary/aromatic N) is 1. The lowest BCUT2D eigenvalue weighted by Crippen LogP contribution is -2.51. The Hall–Kier alpha value is -3.85. The van der Waals surface area contributed by atoms with Crippen molar-refractivity contribution in [2.45, 2.75) is 69.6 Å². The molecule has 1 aliphatic carbocycles. The number of benzene rings is 2. The van der Waals surface area contributed by atoms with E-state index >= 15 is 0 Å². The van der Waals surface area contributed by atoms with Gasteiger partial charge in [0.25, 0.3) is 0 Å². The van der Waals surface area contributed by atoms with Gasteiger partial charge in [-0.15, -0.1) is 0 Å². The molecule has 4 rings (SSSR count). The van der Waals surface area contributed by atoms with E-state index in [1.165, 1.54) is 12.0 Å². The highest BCUT2D eigenvalue weighted by molar-refractivity contribution is 6.74. The van der Waals surface area contributed by atoms with Crippen molar-refractivity contribution in [3.8, 4) is 0 Å². The summed E-state index contributed by atoms with van der Waals surface area (Å²) in [6.07, 6.45) is 4.53. The molecule has 212 valence electrons. The van der Waals surface area contributed by atoms with E-state index in [0.717, 1.165) is 5.56 Å². The van der Waals surface area contributed by atoms with Crippen molar-refractivity contribution in [2.75, 3.05) is 7.11 Å². The monoisotopic (exact) mass is 563 g/mol. The lowest BCUT2D eigenvalue weighted by Gasteiger charge is -2.40. The second kappa shape index (κ2) is 11.3. The first kappa shape index (κ1) is 29.1. The van der Waals surface area contributed by atoms with Crippen molar-refractivity contribution < 1.29 is 33.0 Å². The molecule has 1 saturated heterocycles. The van der Waals surface area contributed by atoms with Crippen LogP contribution in [-0.4, -0.2) is 56.0 Å². The predicted octanol–water partition coefficient (Wildman–Crippen LogP) is 6.01. The van der Waals surface area contributed by atoms with Crippen LogP contribution in [0.3, 0.4) is 0 Å². The van der Waals surface area contributed by atoms with Crippen LogP contribution in [0.2, 0.25) is 18.1 Å². The van der Waals surface area contributed by atoms with Gasteiger partial charge in [-0.2, -0.15) is 0 Å². The van der Waals surface area contributed by atoms with Crippen molar-refractivity contribution in [1.82, 2.24) is 4.90 Å². The number of methoxy groups -OCH3 is 1. The Balaban J connectivity index is 1.72. The van der Waals surface area contributed by atoms with Crippen LogP contribution in [0.15, 0.2) is 84.7 Å². The minimum absolute atomic E-state index is 0.00369. The Bertz CT molecular complexity index is 1300. The van der Waals surface area contributed by atoms with Crippen LogP contribution in [-0.2, 0) is 30.0 Å². The molecular weight excluding hydrogens is 526 g/mol. The van der Waals surface area contributed by atoms with E-state index in [4.69, 9.17) is 18.6 Å². The molecular formula is C31H37NO7Si. The number of allylic oxidation sites excluding steroid dienone is 1. The average Bonchev–Trinajstić information content (AvgIpc) is 3.26. The third-order valence-electron chi connectivity index (χ3n) is 7.86. The summed E-state index contributed by atoms with van der Waals surface area (Å²) in [4.78, 5) is 41.2. The van der Waals surface area contributed by atoms with Gasteiger partial charge < -0.3 is 18.6 Å². The third-order valence-corrected chi connectivity index (χ3v) is 12.2. The number of esters is 2. The molecule has 9 heteroatoms. The van der Waals surface area contributed by atoms with Gasteiger partial charge in [-0.3, -0.25) is 4.90 Å². The number of carbonyl (C=O) groups is 3. The van der Waals surface area contributed by atoms with Crippen LogP contribution >= 0.6 is 0 Å². The van der Waals surface area contributed by atoms with Gasteiger partial charge in [0.05, 0.1) is 12.7 Å². The standard InChI is InChI=1S/C31H37NO7Si/c1-30(2,3)40(5,6)39-24-17-18-31(38-27(33)23-15-11-8-12-16-23)20-25(28(34)36-4)32(26(31)19-24)29(35)37-21-22-13-9-7-10-14-22/h7-19,25-26H,20-21H2,1-6H3/t25-,26+,31-/m0/s1. The summed E-state index contributed by atoms with van der Waals surface area (Å²) >= 11 is 0. The van der Waals surface area contributed by atoms with E-state index in [0.29, 0.717) is 11.3 Å². The fourth-order valence-corrected chi connectivity index (χ4v) is 5.63. The summed E-state index contributed by atoms with van der Waals surface area (Å²) in [6, 6.07) is 15.9. The maximum atomic E-state index is 13.6. The molecule has 0 unspecified atom stereocenters. The highest BCUT2D eigenvalue weighted by Crippen LogP contribution is 2.45. The minimum Gasteiger partial charge on any atom is -0.544 e. The van der Waals surface area contributed by atoms with Crippen molar-refractivity contribution >= 4 is 26.3 Å². The van der Waals surface area contributed by atoms with E-state index in [1.54, 1.807) is 48.6 Å². The molecule has 0 bridgehead atoms. The molecule has 40 heavy (non-hydrogen) atoms. The number of fused-ring (bicyclic) bond motifs is 1. The van der Waals surface area contributed by atoms with E-state index in [9.17, 15) is 14.4 Å². The van der Waals surface area contributed by atoms with Crippen molar-refractivity contribution in [1.29, 1.82) is 0 Å². The number of carbonyl (C=O) groups excluding carboxylic acids is 3. The maximum Gasteiger partial charge on any atom is 0.411 e. The number of ether oxygens (including phenoxy) is 3. The molecule has 0 aromatic heterocycles. The zero-order chi connectivity index (χ0) is 29.1. The van der Waals surface area contributed by atoms with E-state index in [2.05, 4.69) is 33.9 Å². The van der Waals surface area contributed by atoms with E-state index in [-0.39, 0.29) is 18.1 Å². The molecule has 3 atom stereocenters. The molecule has 1 fully saturated rings. The van der Waals surface area contributed by atoms with Crippen molar-refractivity contribution in [3.05, 3.63) is 95.8 Å². The van der Waals surface area contributed by atoms with Crippen LogP contribution in [0, 0.1) is 0 Å². The smallest absolute Gasteiger partial charge is 0.411 e. The highest BCUT2D eigenvalue weighted by Gasteiger charge is 2.59. The normalized spacial score (nSPS) is 22.1. The summed E-state index contributed by atoms with van der Waals surface area (Å²) in [6.45, 7) is 10.7. The van der Waals surface area contributed by atoms with Crippen LogP contribution in [0.1, 0.15) is 43.1 Å². The fraction of sp³-hybridized carbons (Fsp3) is 0.387. The maximum absolute atomic E-state index is 13.6. The Kier molecular flexibility index (Phi) is 8.25. The SMILES string of the molecule is COC(=O)[C@@H]1C[C@@]2(OC(=O)c3ccccc3)C=CC(O[Si](C)(C)C(C)(C)C)=C[C@H]2N1C(=O)OCc1ccccc1. The van der Waals surface area contributed by atoms with Crippen molar-refractivity contribution in [2.24, 2.45) is 0 Å². The lowest BCUT2D eigenvalue weighted by molar-refractivity contribution is -0.145. The Morgan fingerprint density at radius 3 is 2.23 bits per heavy atom. The molecule has 8 nitrogen and oxygen atoms in total. The number of rotatable bonds is 7. The zero-order valence-electron chi connectivity index (χ0n) is 23.9. The molecule has 0 saturated carbocycles. The first-order chi connectivity index (χ1) is 18.9. The molecule has 0 radical (unpaired) electrons. The average molecular weight is 564 g/mol. The van der Waals surface area contributed by atoms with Crippen LogP contribution in [0.5, 0.6) is 0 Å². The number of likely N-dealkylation sites (tertiary alicyclic amines) is 1. The van der Waals surface area contributed by atoms with E-state index in [1.807, 2.05) is 30.3 Å². The molecule has 1 amide bonds. The Labute approximate surface area is 236 Å². The molecule has 0 spiro atoms. The largest absolute Gasteiger partial charge is 0.544 e. The molecule has 1 aliphatic heterocycles. The topological polar surface area (TPSA) is 91.4 Å². The van der Waals surface area contributed by atoms with Crippen LogP contribution < -0.4 is 0 Å². The number of hydrogen-bond donors (Lipinski definition) is 0. The highest BCUT2D eigenvalue weighted by atomic mass is 28.4. The summed E-state index contributed by atoms with van der Waals surface area (Å²) in [7, 11) is -0.991. The summed E-state index contributed by atoms with van der Waals surface area (Å²) in [5.41, 5.74) is -0.179. The van der Waals surface area contributed by atoms with Gasteiger partial charge in [-0.25, -0.2) is 14.4 Å².